The molecule has 0 aliphatic carbocycles. The Morgan fingerprint density at radius 3 is 2.45 bits per heavy atom. The van der Waals surface area contributed by atoms with Gasteiger partial charge in [-0.25, -0.2) is 20.8 Å². The van der Waals surface area contributed by atoms with Crippen molar-refractivity contribution in [1.82, 2.24) is 24.5 Å². The van der Waals surface area contributed by atoms with E-state index in [9.17, 15) is 0 Å². The van der Waals surface area contributed by atoms with Crippen LogP contribution in [0.15, 0.2) is 60.9 Å². The summed E-state index contributed by atoms with van der Waals surface area (Å²) in [5.41, 5.74) is 17.4. The molecule has 0 spiro atoms. The van der Waals surface area contributed by atoms with Gasteiger partial charge in [-0.15, -0.1) is 11.6 Å². The highest BCUT2D eigenvalue weighted by atomic mass is 35.5. The van der Waals surface area contributed by atoms with Crippen molar-refractivity contribution >= 4 is 34.3 Å². The number of anilines is 1. The zero-order chi connectivity index (χ0) is 24.0. The van der Waals surface area contributed by atoms with E-state index in [0.717, 1.165) is 11.3 Å². The summed E-state index contributed by atoms with van der Waals surface area (Å²) in [6, 6.07) is 15.3. The van der Waals surface area contributed by atoms with Gasteiger partial charge in [-0.3, -0.25) is 4.57 Å². The molecule has 6 N–H and O–H groups in total. The van der Waals surface area contributed by atoms with Crippen molar-refractivity contribution in [3.05, 3.63) is 72.2 Å². The maximum absolute atomic E-state index is 6.23. The molecule has 0 atom stereocenters. The van der Waals surface area contributed by atoms with Gasteiger partial charge in [-0.1, -0.05) is 26.0 Å². The molecule has 33 heavy (non-hydrogen) atoms. The lowest BCUT2D eigenvalue weighted by atomic mass is 10.2. The van der Waals surface area contributed by atoms with Crippen LogP contribution in [0.1, 0.15) is 32.0 Å². The molecule has 172 valence electrons. The molecule has 0 fully saturated rings. The molecule has 0 aliphatic heterocycles. The fourth-order valence-electron chi connectivity index (χ4n) is 3.22. The number of benzene rings is 1. The van der Waals surface area contributed by atoms with E-state index >= 15 is 0 Å². The third kappa shape index (κ3) is 5.08. The maximum atomic E-state index is 6.23. The molecule has 0 amide bonds. The maximum Gasteiger partial charge on any atom is 0.165 e. The summed E-state index contributed by atoms with van der Waals surface area (Å²) in [4.78, 5) is 13.8. The highest BCUT2D eigenvalue weighted by molar-refractivity contribution is 6.17. The predicted molar refractivity (Wildman–Crippen MR) is 136 cm³/mol. The number of hydrazine groups is 1. The van der Waals surface area contributed by atoms with Gasteiger partial charge in [0.05, 0.1) is 17.0 Å². The number of halogens is 1. The molecule has 8 nitrogen and oxygen atoms in total. The van der Waals surface area contributed by atoms with Gasteiger partial charge in [-0.05, 0) is 48.9 Å². The summed E-state index contributed by atoms with van der Waals surface area (Å²) in [5, 5.41) is 1.51. The Hall–Kier alpha value is -3.62. The van der Waals surface area contributed by atoms with Crippen LogP contribution in [0.3, 0.4) is 0 Å². The molecular formula is C24H29ClN8. The van der Waals surface area contributed by atoms with Crippen LogP contribution in [0.25, 0.3) is 33.9 Å². The molecule has 3 heterocycles. The van der Waals surface area contributed by atoms with Gasteiger partial charge in [0, 0.05) is 30.5 Å². The number of rotatable bonds is 6. The summed E-state index contributed by atoms with van der Waals surface area (Å²) in [6.07, 6.45) is 3.30. The molecule has 1 aromatic carbocycles. The van der Waals surface area contributed by atoms with E-state index in [1.54, 1.807) is 12.4 Å². The molecule has 0 bridgehead atoms. The van der Waals surface area contributed by atoms with Crippen molar-refractivity contribution in [2.45, 2.75) is 26.7 Å². The first kappa shape index (κ1) is 24.0. The topological polar surface area (TPSA) is 125 Å². The fourth-order valence-corrected chi connectivity index (χ4v) is 3.40. The minimum Gasteiger partial charge on any atom is -0.396 e. The van der Waals surface area contributed by atoms with E-state index in [-0.39, 0.29) is 0 Å². The van der Waals surface area contributed by atoms with Crippen LogP contribution in [0.2, 0.25) is 0 Å². The van der Waals surface area contributed by atoms with E-state index in [2.05, 4.69) is 4.98 Å². The lowest BCUT2D eigenvalue weighted by molar-refractivity contribution is 0.418. The molecule has 9 heteroatoms. The first-order valence-electron chi connectivity index (χ1n) is 10.8. The van der Waals surface area contributed by atoms with Gasteiger partial charge in [0.1, 0.15) is 11.3 Å². The first-order chi connectivity index (χ1) is 16.0. The molecule has 4 aromatic rings. The van der Waals surface area contributed by atoms with Crippen molar-refractivity contribution in [3.63, 3.8) is 0 Å². The monoisotopic (exact) mass is 464 g/mol. The Labute approximate surface area is 198 Å². The van der Waals surface area contributed by atoms with Crippen molar-refractivity contribution in [2.24, 2.45) is 11.6 Å². The zero-order valence-corrected chi connectivity index (χ0v) is 19.8. The Kier molecular flexibility index (Phi) is 7.87. The average molecular weight is 465 g/mol. The predicted octanol–water partition coefficient (Wildman–Crippen LogP) is 4.28. The molecule has 0 saturated carbocycles. The molecule has 4 rings (SSSR count). The SMILES string of the molecule is CC.CCN(N)/C=C(\N)c1ccc2nc(-c3cccnc3N)n(-c3ccc(CCl)cc3)c2n1. The van der Waals surface area contributed by atoms with Crippen molar-refractivity contribution in [2.75, 3.05) is 12.3 Å². The van der Waals surface area contributed by atoms with E-state index in [0.29, 0.717) is 52.2 Å². The molecular weight excluding hydrogens is 436 g/mol. The van der Waals surface area contributed by atoms with Gasteiger partial charge in [-0.2, -0.15) is 0 Å². The van der Waals surface area contributed by atoms with Gasteiger partial charge in [0.2, 0.25) is 0 Å². The third-order valence-electron chi connectivity index (χ3n) is 4.90. The van der Waals surface area contributed by atoms with Crippen molar-refractivity contribution < 1.29 is 0 Å². The Morgan fingerprint density at radius 2 is 1.82 bits per heavy atom. The quantitative estimate of drug-likeness (QED) is 0.221. The van der Waals surface area contributed by atoms with E-state index in [1.165, 1.54) is 5.01 Å². The number of pyridine rings is 2. The molecule has 3 aromatic heterocycles. The summed E-state index contributed by atoms with van der Waals surface area (Å²) >= 11 is 5.97. The number of hydrogen-bond acceptors (Lipinski definition) is 7. The van der Waals surface area contributed by atoms with Gasteiger partial charge < -0.3 is 16.5 Å². The van der Waals surface area contributed by atoms with Gasteiger partial charge in [0.25, 0.3) is 0 Å². The summed E-state index contributed by atoms with van der Waals surface area (Å²) in [5.74, 6) is 7.33. The van der Waals surface area contributed by atoms with Gasteiger partial charge in [0.15, 0.2) is 11.5 Å². The number of imidazole rings is 1. The highest BCUT2D eigenvalue weighted by Crippen LogP contribution is 2.31. The molecule has 0 aliphatic rings. The standard InChI is InChI=1S/C22H23ClN8.C2H6/c1-2-30(26)13-17(24)18-9-10-19-22(28-18)31(15-7-5-14(12-23)6-8-15)21(29-19)16-4-3-11-27-20(16)25;1-2/h3-11,13H,2,12,24,26H2,1H3,(H2,25,27);1-2H3/b17-13-;. The van der Waals surface area contributed by atoms with Crippen LogP contribution < -0.4 is 17.3 Å². The largest absolute Gasteiger partial charge is 0.396 e. The molecule has 0 radical (unpaired) electrons. The highest BCUT2D eigenvalue weighted by Gasteiger charge is 2.18. The third-order valence-corrected chi connectivity index (χ3v) is 5.21. The van der Waals surface area contributed by atoms with Crippen LogP contribution in [0.4, 0.5) is 5.82 Å². The van der Waals surface area contributed by atoms with E-state index in [1.807, 2.05) is 73.9 Å². The number of nitrogens with two attached hydrogens (primary N) is 3. The first-order valence-corrected chi connectivity index (χ1v) is 11.3. The van der Waals surface area contributed by atoms with E-state index < -0.39 is 0 Å². The van der Waals surface area contributed by atoms with Crippen molar-refractivity contribution in [1.29, 1.82) is 0 Å². The number of fused-ring (bicyclic) bond motifs is 1. The zero-order valence-electron chi connectivity index (χ0n) is 19.0. The smallest absolute Gasteiger partial charge is 0.165 e. The van der Waals surface area contributed by atoms with Crippen LogP contribution in [-0.2, 0) is 5.88 Å². The Bertz CT molecular complexity index is 1250. The summed E-state index contributed by atoms with van der Waals surface area (Å²) in [7, 11) is 0. The van der Waals surface area contributed by atoms with Crippen molar-refractivity contribution in [3.8, 4) is 17.1 Å². The second-order valence-corrected chi connectivity index (χ2v) is 7.23. The average Bonchev–Trinajstić information content (AvgIpc) is 3.24. The second-order valence-electron chi connectivity index (χ2n) is 6.96. The second kappa shape index (κ2) is 10.8. The number of nitrogens with zero attached hydrogens (tertiary/aromatic N) is 5. The Morgan fingerprint density at radius 1 is 1.09 bits per heavy atom. The van der Waals surface area contributed by atoms with E-state index in [4.69, 9.17) is 38.9 Å². The normalized spacial score (nSPS) is 11.2. The Balaban J connectivity index is 0.00000149. The van der Waals surface area contributed by atoms with Crippen LogP contribution in [0, 0.1) is 0 Å². The minimum atomic E-state index is 0.387. The van der Waals surface area contributed by atoms with Crippen LogP contribution in [-0.4, -0.2) is 31.1 Å². The lowest BCUT2D eigenvalue weighted by Gasteiger charge is -2.12. The number of hydrogen-bond donors (Lipinski definition) is 3. The summed E-state index contributed by atoms with van der Waals surface area (Å²) < 4.78 is 1.94. The number of alkyl halides is 1. The van der Waals surface area contributed by atoms with Crippen LogP contribution >= 0.6 is 11.6 Å². The molecule has 0 saturated heterocycles. The fraction of sp³-hybridized carbons (Fsp3) is 0.208. The van der Waals surface area contributed by atoms with Gasteiger partial charge >= 0.3 is 0 Å². The summed E-state index contributed by atoms with van der Waals surface area (Å²) in [6.45, 7) is 6.56. The molecule has 0 unspecified atom stereocenters. The van der Waals surface area contributed by atoms with Crippen LogP contribution in [0.5, 0.6) is 0 Å². The number of nitrogen functional groups attached to an aromatic ring is 1. The lowest BCUT2D eigenvalue weighted by Crippen LogP contribution is -2.25. The number of aromatic nitrogens is 4. The minimum absolute atomic E-state index is 0.387.